The fourth-order valence-electron chi connectivity index (χ4n) is 3.09. The van der Waals surface area contributed by atoms with Crippen LogP contribution in [-0.2, 0) is 4.79 Å². The zero-order valence-corrected chi connectivity index (χ0v) is 14.8. The third kappa shape index (κ3) is 5.81. The van der Waals surface area contributed by atoms with Crippen LogP contribution in [0.15, 0.2) is 36.9 Å². The van der Waals surface area contributed by atoms with E-state index in [0.717, 1.165) is 25.7 Å². The van der Waals surface area contributed by atoms with Gasteiger partial charge in [-0.05, 0) is 37.1 Å². The number of ether oxygens (including phenoxy) is 1. The molecule has 0 spiro atoms. The smallest absolute Gasteiger partial charge is 0.319 e. The monoisotopic (exact) mass is 345 g/mol. The van der Waals surface area contributed by atoms with Gasteiger partial charge in [0.25, 0.3) is 0 Å². The molecule has 2 rings (SSSR count). The van der Waals surface area contributed by atoms with Gasteiger partial charge in [-0.15, -0.1) is 6.58 Å². The molecule has 0 bridgehead atoms. The Kier molecular flexibility index (Phi) is 7.32. The second-order valence-corrected chi connectivity index (χ2v) is 6.16. The van der Waals surface area contributed by atoms with E-state index in [4.69, 9.17) is 4.74 Å². The van der Waals surface area contributed by atoms with Crippen LogP contribution in [0.1, 0.15) is 32.1 Å². The van der Waals surface area contributed by atoms with E-state index in [-0.39, 0.29) is 18.5 Å². The molecule has 0 atom stereocenters. The van der Waals surface area contributed by atoms with Gasteiger partial charge in [0.2, 0.25) is 5.91 Å². The molecule has 1 aliphatic rings. The largest absolute Gasteiger partial charge is 0.497 e. The van der Waals surface area contributed by atoms with E-state index in [2.05, 4.69) is 17.2 Å². The number of hydrogen-bond acceptors (Lipinski definition) is 3. The van der Waals surface area contributed by atoms with Crippen LogP contribution in [0.25, 0.3) is 0 Å². The normalized spacial score (nSPS) is 14.4. The number of nitrogens with zero attached hydrogens (tertiary/aromatic N) is 1. The molecule has 6 heteroatoms. The SMILES string of the molecule is C=CCN(C(=O)CNC(=O)Nc1ccc(OC)cc1)C1CCCCC1. The van der Waals surface area contributed by atoms with Gasteiger partial charge in [-0.2, -0.15) is 0 Å². The Morgan fingerprint density at radius 3 is 2.52 bits per heavy atom. The molecule has 6 nitrogen and oxygen atoms in total. The first-order valence-corrected chi connectivity index (χ1v) is 8.73. The van der Waals surface area contributed by atoms with E-state index in [9.17, 15) is 9.59 Å². The van der Waals surface area contributed by atoms with Gasteiger partial charge in [0.05, 0.1) is 13.7 Å². The number of carbonyl (C=O) groups is 2. The predicted octanol–water partition coefficient (Wildman–Crippen LogP) is 3.16. The summed E-state index contributed by atoms with van der Waals surface area (Å²) in [4.78, 5) is 26.3. The van der Waals surface area contributed by atoms with Crippen LogP contribution in [-0.4, -0.2) is 43.1 Å². The van der Waals surface area contributed by atoms with Crippen molar-refractivity contribution in [2.45, 2.75) is 38.1 Å². The van der Waals surface area contributed by atoms with E-state index in [1.165, 1.54) is 6.42 Å². The van der Waals surface area contributed by atoms with E-state index in [1.54, 1.807) is 37.5 Å². The molecular formula is C19H27N3O3. The maximum absolute atomic E-state index is 12.5. The number of nitrogens with one attached hydrogen (secondary N) is 2. The quantitative estimate of drug-likeness (QED) is 0.746. The molecule has 1 fully saturated rings. The average Bonchev–Trinajstić information content (AvgIpc) is 2.65. The summed E-state index contributed by atoms with van der Waals surface area (Å²) in [5.41, 5.74) is 0.640. The van der Waals surface area contributed by atoms with Gasteiger partial charge < -0.3 is 20.3 Å². The number of benzene rings is 1. The highest BCUT2D eigenvalue weighted by molar-refractivity contribution is 5.92. The molecule has 136 valence electrons. The number of methoxy groups -OCH3 is 1. The summed E-state index contributed by atoms with van der Waals surface area (Å²) in [6, 6.07) is 6.86. The third-order valence-electron chi connectivity index (χ3n) is 4.41. The van der Waals surface area contributed by atoms with Gasteiger partial charge in [0.15, 0.2) is 0 Å². The Morgan fingerprint density at radius 2 is 1.92 bits per heavy atom. The van der Waals surface area contributed by atoms with E-state index < -0.39 is 6.03 Å². The zero-order valence-electron chi connectivity index (χ0n) is 14.8. The number of amides is 3. The lowest BCUT2D eigenvalue weighted by molar-refractivity contribution is -0.132. The van der Waals surface area contributed by atoms with Crippen LogP contribution in [0.3, 0.4) is 0 Å². The number of urea groups is 1. The Labute approximate surface area is 149 Å². The highest BCUT2D eigenvalue weighted by Gasteiger charge is 2.24. The second-order valence-electron chi connectivity index (χ2n) is 6.16. The minimum Gasteiger partial charge on any atom is -0.497 e. The third-order valence-corrected chi connectivity index (χ3v) is 4.41. The predicted molar refractivity (Wildman–Crippen MR) is 98.8 cm³/mol. The highest BCUT2D eigenvalue weighted by Crippen LogP contribution is 2.22. The fraction of sp³-hybridized carbons (Fsp3) is 0.474. The van der Waals surface area contributed by atoms with E-state index >= 15 is 0 Å². The van der Waals surface area contributed by atoms with Crippen LogP contribution >= 0.6 is 0 Å². The van der Waals surface area contributed by atoms with Crippen LogP contribution < -0.4 is 15.4 Å². The molecule has 0 radical (unpaired) electrons. The summed E-state index contributed by atoms with van der Waals surface area (Å²) in [6.07, 6.45) is 7.32. The first-order valence-electron chi connectivity index (χ1n) is 8.73. The van der Waals surface area contributed by atoms with Crippen molar-refractivity contribution in [1.29, 1.82) is 0 Å². The van der Waals surface area contributed by atoms with E-state index in [1.807, 2.05) is 4.90 Å². The summed E-state index contributed by atoms with van der Waals surface area (Å²) >= 11 is 0. The van der Waals surface area contributed by atoms with Crippen molar-refractivity contribution in [2.24, 2.45) is 0 Å². The Morgan fingerprint density at radius 1 is 1.24 bits per heavy atom. The Bertz CT molecular complexity index is 580. The van der Waals surface area contributed by atoms with Gasteiger partial charge in [0.1, 0.15) is 5.75 Å². The molecule has 2 N–H and O–H groups in total. The van der Waals surface area contributed by atoms with Crippen LogP contribution in [0.4, 0.5) is 10.5 Å². The van der Waals surface area contributed by atoms with Gasteiger partial charge in [-0.1, -0.05) is 25.3 Å². The van der Waals surface area contributed by atoms with E-state index in [0.29, 0.717) is 18.0 Å². The molecule has 3 amide bonds. The second kappa shape index (κ2) is 9.71. The molecule has 1 aliphatic carbocycles. The zero-order chi connectivity index (χ0) is 18.1. The van der Waals surface area contributed by atoms with Crippen LogP contribution in [0, 0.1) is 0 Å². The lowest BCUT2D eigenvalue weighted by atomic mass is 9.94. The topological polar surface area (TPSA) is 70.7 Å². The van der Waals surface area contributed by atoms with Gasteiger partial charge in [0, 0.05) is 18.3 Å². The molecule has 1 saturated carbocycles. The fourth-order valence-corrected chi connectivity index (χ4v) is 3.09. The summed E-state index contributed by atoms with van der Waals surface area (Å²) < 4.78 is 5.07. The minimum absolute atomic E-state index is 0.0215. The van der Waals surface area contributed by atoms with Crippen molar-refractivity contribution in [3.05, 3.63) is 36.9 Å². The summed E-state index contributed by atoms with van der Waals surface area (Å²) in [5, 5.41) is 5.33. The maximum atomic E-state index is 12.5. The molecule has 0 unspecified atom stereocenters. The summed E-state index contributed by atoms with van der Waals surface area (Å²) in [5.74, 6) is 0.644. The average molecular weight is 345 g/mol. The minimum atomic E-state index is -0.402. The summed E-state index contributed by atoms with van der Waals surface area (Å²) in [6.45, 7) is 4.24. The van der Waals surface area contributed by atoms with Gasteiger partial charge in [-0.3, -0.25) is 4.79 Å². The number of hydrogen-bond donors (Lipinski definition) is 2. The van der Waals surface area contributed by atoms with Crippen LogP contribution in [0.2, 0.25) is 0 Å². The number of carbonyl (C=O) groups excluding carboxylic acids is 2. The molecule has 0 aliphatic heterocycles. The number of rotatable bonds is 7. The van der Waals surface area contributed by atoms with Crippen molar-refractivity contribution < 1.29 is 14.3 Å². The lowest BCUT2D eigenvalue weighted by Gasteiger charge is -2.33. The van der Waals surface area contributed by atoms with Gasteiger partial charge >= 0.3 is 6.03 Å². The molecule has 0 heterocycles. The van der Waals surface area contributed by atoms with Crippen molar-refractivity contribution >= 4 is 17.6 Å². The molecule has 0 saturated heterocycles. The van der Waals surface area contributed by atoms with Crippen molar-refractivity contribution in [1.82, 2.24) is 10.2 Å². The van der Waals surface area contributed by atoms with Crippen molar-refractivity contribution in [3.63, 3.8) is 0 Å². The molecule has 1 aromatic rings. The first-order chi connectivity index (χ1) is 12.1. The maximum Gasteiger partial charge on any atom is 0.319 e. The van der Waals surface area contributed by atoms with Crippen LogP contribution in [0.5, 0.6) is 5.75 Å². The lowest BCUT2D eigenvalue weighted by Crippen LogP contribution is -2.47. The molecule has 1 aromatic carbocycles. The highest BCUT2D eigenvalue weighted by atomic mass is 16.5. The summed E-state index contributed by atoms with van der Waals surface area (Å²) in [7, 11) is 1.59. The van der Waals surface area contributed by atoms with Crippen molar-refractivity contribution in [2.75, 3.05) is 25.5 Å². The Balaban J connectivity index is 1.83. The van der Waals surface area contributed by atoms with Gasteiger partial charge in [-0.25, -0.2) is 4.79 Å². The molecule has 0 aromatic heterocycles. The molecule has 25 heavy (non-hydrogen) atoms. The standard InChI is InChI=1S/C19H27N3O3/c1-3-13-22(16-7-5-4-6-8-16)18(23)14-20-19(24)21-15-9-11-17(25-2)12-10-15/h3,9-12,16H,1,4-8,13-14H2,2H3,(H2,20,21,24). The Hall–Kier alpha value is -2.50. The first kappa shape index (κ1) is 18.8. The van der Waals surface area contributed by atoms with Crippen molar-refractivity contribution in [3.8, 4) is 5.75 Å². The molecular weight excluding hydrogens is 318 g/mol. The number of anilines is 1.